The maximum Gasteiger partial charge on any atom is 0.137 e. The average molecular weight is 383 g/mol. The normalized spacial score (nSPS) is 12.0. The molecule has 0 bridgehead atoms. The fraction of sp³-hybridized carbons (Fsp3) is 0.250. The number of halogens is 2. The van der Waals surface area contributed by atoms with E-state index in [1.54, 1.807) is 12.1 Å². The summed E-state index contributed by atoms with van der Waals surface area (Å²) in [5.74, 6) is 0.498. The van der Waals surface area contributed by atoms with Crippen molar-refractivity contribution in [2.45, 2.75) is 19.6 Å². The van der Waals surface area contributed by atoms with Gasteiger partial charge in [-0.3, -0.25) is 0 Å². The SMILES string of the molecule is Cc1ccc(CNc2nc(Cl)ccc2C(=N)C(O)CBr)cc1. The Kier molecular flexibility index (Phi) is 5.94. The number of rotatable bonds is 6. The fourth-order valence-corrected chi connectivity index (χ4v) is 2.41. The Hall–Kier alpha value is -1.43. The fourth-order valence-electron chi connectivity index (χ4n) is 1.94. The Balaban J connectivity index is 2.20. The van der Waals surface area contributed by atoms with Gasteiger partial charge in [0, 0.05) is 17.4 Å². The first-order valence-corrected chi connectivity index (χ1v) is 8.30. The summed E-state index contributed by atoms with van der Waals surface area (Å²) in [5.41, 5.74) is 2.95. The van der Waals surface area contributed by atoms with E-state index in [4.69, 9.17) is 17.0 Å². The number of nitrogens with one attached hydrogen (secondary N) is 2. The molecule has 3 N–H and O–H groups in total. The van der Waals surface area contributed by atoms with E-state index < -0.39 is 6.10 Å². The quantitative estimate of drug-likeness (QED) is 0.404. The maximum atomic E-state index is 9.83. The zero-order valence-corrected chi connectivity index (χ0v) is 14.4. The van der Waals surface area contributed by atoms with Crippen molar-refractivity contribution in [2.75, 3.05) is 10.6 Å². The van der Waals surface area contributed by atoms with Crippen molar-refractivity contribution in [2.24, 2.45) is 0 Å². The molecule has 2 rings (SSSR count). The van der Waals surface area contributed by atoms with Gasteiger partial charge in [0.05, 0.1) is 5.71 Å². The highest BCUT2D eigenvalue weighted by atomic mass is 79.9. The Morgan fingerprint density at radius 1 is 1.32 bits per heavy atom. The summed E-state index contributed by atoms with van der Waals surface area (Å²) in [4.78, 5) is 4.23. The van der Waals surface area contributed by atoms with E-state index in [9.17, 15) is 5.11 Å². The number of benzene rings is 1. The molecule has 0 fully saturated rings. The number of nitrogens with zero attached hydrogens (tertiary/aromatic N) is 1. The molecule has 6 heteroatoms. The molecule has 1 unspecified atom stereocenters. The molecule has 1 aromatic heterocycles. The zero-order valence-electron chi connectivity index (χ0n) is 12.1. The van der Waals surface area contributed by atoms with Gasteiger partial charge in [-0.15, -0.1) is 0 Å². The van der Waals surface area contributed by atoms with E-state index in [1.165, 1.54) is 5.56 Å². The molecule has 0 saturated carbocycles. The van der Waals surface area contributed by atoms with Crippen molar-refractivity contribution in [1.29, 1.82) is 5.41 Å². The first kappa shape index (κ1) is 16.9. The van der Waals surface area contributed by atoms with Gasteiger partial charge in [-0.1, -0.05) is 57.4 Å². The molecule has 4 nitrogen and oxygen atoms in total. The minimum Gasteiger partial charge on any atom is -0.386 e. The number of aromatic nitrogens is 1. The Labute approximate surface area is 143 Å². The van der Waals surface area contributed by atoms with Crippen molar-refractivity contribution in [3.05, 3.63) is 58.2 Å². The Morgan fingerprint density at radius 3 is 2.64 bits per heavy atom. The standard InChI is InChI=1S/C16H17BrClN3O/c1-10-2-4-11(5-3-10)9-20-16-12(6-7-14(18)21-16)15(19)13(22)8-17/h2-7,13,19,22H,8-9H2,1H3,(H,20,21). The molecular weight excluding hydrogens is 366 g/mol. The average Bonchev–Trinajstić information content (AvgIpc) is 2.53. The van der Waals surface area contributed by atoms with Crippen LogP contribution in [0.5, 0.6) is 0 Å². The van der Waals surface area contributed by atoms with Gasteiger partial charge in [0.25, 0.3) is 0 Å². The monoisotopic (exact) mass is 381 g/mol. The van der Waals surface area contributed by atoms with Gasteiger partial charge < -0.3 is 15.8 Å². The third kappa shape index (κ3) is 4.29. The van der Waals surface area contributed by atoms with E-state index in [0.717, 1.165) is 5.56 Å². The second-order valence-electron chi connectivity index (χ2n) is 4.95. The molecule has 1 aromatic carbocycles. The summed E-state index contributed by atoms with van der Waals surface area (Å²) >= 11 is 9.12. The molecule has 0 radical (unpaired) electrons. The third-order valence-electron chi connectivity index (χ3n) is 3.21. The van der Waals surface area contributed by atoms with Gasteiger partial charge in [0.15, 0.2) is 0 Å². The lowest BCUT2D eigenvalue weighted by molar-refractivity contribution is 0.267. The molecule has 0 spiro atoms. The van der Waals surface area contributed by atoms with Crippen LogP contribution in [-0.2, 0) is 6.54 Å². The van der Waals surface area contributed by atoms with Gasteiger partial charge in [-0.05, 0) is 24.6 Å². The second-order valence-corrected chi connectivity index (χ2v) is 5.99. The first-order chi connectivity index (χ1) is 10.5. The molecule has 2 aromatic rings. The molecule has 1 atom stereocenters. The van der Waals surface area contributed by atoms with Crippen LogP contribution in [0.4, 0.5) is 5.82 Å². The predicted molar refractivity (Wildman–Crippen MR) is 94.4 cm³/mol. The van der Waals surface area contributed by atoms with E-state index in [1.807, 2.05) is 31.2 Å². The molecule has 116 valence electrons. The van der Waals surface area contributed by atoms with Crippen LogP contribution >= 0.6 is 27.5 Å². The lowest BCUT2D eigenvalue weighted by Crippen LogP contribution is -2.23. The number of aryl methyl sites for hydroxylation is 1. The van der Waals surface area contributed by atoms with Gasteiger partial charge >= 0.3 is 0 Å². The van der Waals surface area contributed by atoms with Crippen molar-refractivity contribution in [3.8, 4) is 0 Å². The summed E-state index contributed by atoms with van der Waals surface area (Å²) in [6.45, 7) is 2.61. The number of aliphatic hydroxyl groups excluding tert-OH is 1. The topological polar surface area (TPSA) is 69.0 Å². The van der Waals surface area contributed by atoms with Crippen molar-refractivity contribution in [3.63, 3.8) is 0 Å². The maximum absolute atomic E-state index is 9.83. The number of pyridine rings is 1. The Morgan fingerprint density at radius 2 is 2.00 bits per heavy atom. The van der Waals surface area contributed by atoms with Crippen molar-refractivity contribution >= 4 is 39.1 Å². The molecule has 0 aliphatic heterocycles. The molecule has 22 heavy (non-hydrogen) atoms. The highest BCUT2D eigenvalue weighted by molar-refractivity contribution is 9.09. The third-order valence-corrected chi connectivity index (χ3v) is 4.04. The van der Waals surface area contributed by atoms with Crippen LogP contribution in [0.1, 0.15) is 16.7 Å². The van der Waals surface area contributed by atoms with Crippen LogP contribution in [-0.4, -0.2) is 27.2 Å². The summed E-state index contributed by atoms with van der Waals surface area (Å²) in [6.07, 6.45) is -0.886. The minimum absolute atomic E-state index is 0.104. The molecule has 0 saturated heterocycles. The molecule has 0 aliphatic rings. The lowest BCUT2D eigenvalue weighted by Gasteiger charge is -2.15. The van der Waals surface area contributed by atoms with E-state index in [0.29, 0.717) is 28.4 Å². The van der Waals surface area contributed by atoms with Gasteiger partial charge in [0.2, 0.25) is 0 Å². The van der Waals surface area contributed by atoms with Crippen LogP contribution < -0.4 is 5.32 Å². The molecule has 1 heterocycles. The molecular formula is C16H17BrClN3O. The highest BCUT2D eigenvalue weighted by Crippen LogP contribution is 2.20. The minimum atomic E-state index is -0.886. The van der Waals surface area contributed by atoms with E-state index >= 15 is 0 Å². The largest absolute Gasteiger partial charge is 0.386 e. The number of hydrogen-bond donors (Lipinski definition) is 3. The van der Waals surface area contributed by atoms with Crippen molar-refractivity contribution in [1.82, 2.24) is 4.98 Å². The van der Waals surface area contributed by atoms with Gasteiger partial charge in [-0.2, -0.15) is 0 Å². The van der Waals surface area contributed by atoms with Crippen LogP contribution in [0, 0.1) is 12.3 Å². The smallest absolute Gasteiger partial charge is 0.137 e. The highest BCUT2D eigenvalue weighted by Gasteiger charge is 2.16. The number of alkyl halides is 1. The number of aliphatic hydroxyl groups is 1. The summed E-state index contributed by atoms with van der Waals surface area (Å²) in [7, 11) is 0. The van der Waals surface area contributed by atoms with Gasteiger partial charge in [-0.25, -0.2) is 4.98 Å². The summed E-state index contributed by atoms with van der Waals surface area (Å²) in [5, 5.41) is 21.7. The summed E-state index contributed by atoms with van der Waals surface area (Å²) < 4.78 is 0. The number of hydrogen-bond acceptors (Lipinski definition) is 4. The molecule has 0 aliphatic carbocycles. The van der Waals surface area contributed by atoms with Crippen LogP contribution in [0.3, 0.4) is 0 Å². The molecule has 0 amide bonds. The van der Waals surface area contributed by atoms with E-state index in [-0.39, 0.29) is 5.71 Å². The lowest BCUT2D eigenvalue weighted by atomic mass is 10.1. The number of anilines is 1. The van der Waals surface area contributed by atoms with Crippen LogP contribution in [0.25, 0.3) is 0 Å². The van der Waals surface area contributed by atoms with Gasteiger partial charge in [0.1, 0.15) is 17.1 Å². The van der Waals surface area contributed by atoms with Crippen LogP contribution in [0.15, 0.2) is 36.4 Å². The van der Waals surface area contributed by atoms with Crippen LogP contribution in [0.2, 0.25) is 5.15 Å². The summed E-state index contributed by atoms with van der Waals surface area (Å²) in [6, 6.07) is 11.5. The van der Waals surface area contributed by atoms with E-state index in [2.05, 4.69) is 26.2 Å². The Bertz CT molecular complexity index is 661. The van der Waals surface area contributed by atoms with Crippen molar-refractivity contribution < 1.29 is 5.11 Å². The second kappa shape index (κ2) is 7.72. The predicted octanol–water partition coefficient (Wildman–Crippen LogP) is 3.78. The first-order valence-electron chi connectivity index (χ1n) is 6.80. The zero-order chi connectivity index (χ0) is 16.1.